The summed E-state index contributed by atoms with van der Waals surface area (Å²) in [5.41, 5.74) is 0. The first-order valence-electron chi connectivity index (χ1n) is 8.24. The van der Waals surface area contributed by atoms with Crippen LogP contribution in [0.4, 0.5) is 11.6 Å². The monoisotopic (exact) mass is 366 g/mol. The maximum atomic E-state index is 12.2. The van der Waals surface area contributed by atoms with Gasteiger partial charge in [-0.3, -0.25) is 4.79 Å². The Balaban J connectivity index is 1.63. The third-order valence-corrected chi connectivity index (χ3v) is 5.17. The van der Waals surface area contributed by atoms with Crippen LogP contribution in [-0.4, -0.2) is 65.4 Å². The highest BCUT2D eigenvalue weighted by Crippen LogP contribution is 2.33. The van der Waals surface area contributed by atoms with Crippen LogP contribution in [0.2, 0.25) is 0 Å². The Labute approximate surface area is 149 Å². The number of hydrogen-bond acceptors (Lipinski definition) is 7. The van der Waals surface area contributed by atoms with Gasteiger partial charge < -0.3 is 25.2 Å². The largest absolute Gasteiger partial charge is 0.373 e. The minimum absolute atomic E-state index is 0.00475. The number of rotatable bonds is 6. The quantitative estimate of drug-likeness (QED) is 0.610. The SMILES string of the molecule is CN(C)CCNC(=O)C1CCN(c2nc3sccn3c2[N+](=O)[O-])CC1. The van der Waals surface area contributed by atoms with Gasteiger partial charge in [-0.05, 0) is 31.9 Å². The molecule has 9 nitrogen and oxygen atoms in total. The summed E-state index contributed by atoms with van der Waals surface area (Å²) in [6.45, 7) is 2.63. The average molecular weight is 366 g/mol. The highest BCUT2D eigenvalue weighted by atomic mass is 32.1. The molecule has 0 spiro atoms. The van der Waals surface area contributed by atoms with Gasteiger partial charge in [0, 0.05) is 37.5 Å². The van der Waals surface area contributed by atoms with Gasteiger partial charge in [0.2, 0.25) is 11.7 Å². The summed E-state index contributed by atoms with van der Waals surface area (Å²) in [5, 5.41) is 16.2. The lowest BCUT2D eigenvalue weighted by atomic mass is 9.96. The Morgan fingerprint density at radius 1 is 1.48 bits per heavy atom. The normalized spacial score (nSPS) is 15.9. The van der Waals surface area contributed by atoms with E-state index < -0.39 is 0 Å². The van der Waals surface area contributed by atoms with Crippen LogP contribution in [0.5, 0.6) is 0 Å². The second-order valence-electron chi connectivity index (χ2n) is 6.43. The molecule has 0 bridgehead atoms. The number of aromatic nitrogens is 2. The molecule has 0 radical (unpaired) electrons. The van der Waals surface area contributed by atoms with E-state index in [1.807, 2.05) is 23.9 Å². The number of carbonyl (C=O) groups is 1. The first-order chi connectivity index (χ1) is 12.0. The molecule has 2 aromatic heterocycles. The average Bonchev–Trinajstić information content (AvgIpc) is 3.14. The summed E-state index contributed by atoms with van der Waals surface area (Å²) in [5.74, 6) is 0.441. The van der Waals surface area contributed by atoms with Crippen molar-refractivity contribution in [3.05, 3.63) is 21.7 Å². The lowest BCUT2D eigenvalue weighted by Crippen LogP contribution is -2.42. The molecule has 2 aromatic rings. The molecular weight excluding hydrogens is 344 g/mol. The van der Waals surface area contributed by atoms with E-state index in [2.05, 4.69) is 10.3 Å². The minimum Gasteiger partial charge on any atom is -0.358 e. The summed E-state index contributed by atoms with van der Waals surface area (Å²) >= 11 is 1.37. The van der Waals surface area contributed by atoms with E-state index in [0.29, 0.717) is 43.3 Å². The number of nitrogens with zero attached hydrogens (tertiary/aromatic N) is 5. The first kappa shape index (κ1) is 17.6. The van der Waals surface area contributed by atoms with Crippen molar-refractivity contribution in [1.29, 1.82) is 0 Å². The van der Waals surface area contributed by atoms with Crippen LogP contribution >= 0.6 is 11.3 Å². The van der Waals surface area contributed by atoms with E-state index in [1.165, 1.54) is 15.7 Å². The lowest BCUT2D eigenvalue weighted by Gasteiger charge is -2.31. The van der Waals surface area contributed by atoms with Crippen molar-refractivity contribution in [2.45, 2.75) is 12.8 Å². The van der Waals surface area contributed by atoms with Crippen LogP contribution in [0.15, 0.2) is 11.6 Å². The predicted molar refractivity (Wildman–Crippen MR) is 96.2 cm³/mol. The Bertz CT molecular complexity index is 762. The van der Waals surface area contributed by atoms with Gasteiger partial charge >= 0.3 is 5.82 Å². The van der Waals surface area contributed by atoms with E-state index in [-0.39, 0.29) is 22.6 Å². The molecule has 1 amide bonds. The molecular formula is C15H22N6O3S. The molecule has 1 aliphatic rings. The van der Waals surface area contributed by atoms with Crippen molar-refractivity contribution in [3.63, 3.8) is 0 Å². The highest BCUT2D eigenvalue weighted by molar-refractivity contribution is 7.15. The molecule has 0 aliphatic carbocycles. The van der Waals surface area contributed by atoms with Crippen LogP contribution in [0.25, 0.3) is 4.96 Å². The van der Waals surface area contributed by atoms with Gasteiger partial charge in [-0.25, -0.2) is 0 Å². The fourth-order valence-corrected chi connectivity index (χ4v) is 3.75. The standard InChI is InChI=1S/C15H22N6O3S/c1-18(2)8-5-16-13(22)11-3-6-19(7-4-11)12-14(21(23)24)20-9-10-25-15(20)17-12/h9-11H,3-8H2,1-2H3,(H,16,22). The number of piperidine rings is 1. The van der Waals surface area contributed by atoms with Gasteiger partial charge in [-0.15, -0.1) is 0 Å². The molecule has 136 valence electrons. The van der Waals surface area contributed by atoms with E-state index in [9.17, 15) is 14.9 Å². The summed E-state index contributed by atoms with van der Waals surface area (Å²) in [7, 11) is 3.93. The minimum atomic E-state index is -0.387. The topological polar surface area (TPSA) is 96.0 Å². The van der Waals surface area contributed by atoms with Crippen molar-refractivity contribution in [1.82, 2.24) is 19.6 Å². The van der Waals surface area contributed by atoms with E-state index in [4.69, 9.17) is 0 Å². The van der Waals surface area contributed by atoms with Gasteiger partial charge in [0.05, 0.1) is 0 Å². The Morgan fingerprint density at radius 2 is 2.20 bits per heavy atom. The third-order valence-electron chi connectivity index (χ3n) is 4.42. The number of amides is 1. The number of nitrogens with one attached hydrogen (secondary N) is 1. The van der Waals surface area contributed by atoms with Gasteiger partial charge in [0.15, 0.2) is 0 Å². The number of likely N-dealkylation sites (N-methyl/N-ethyl adjacent to an activating group) is 1. The van der Waals surface area contributed by atoms with Gasteiger partial charge in [0.1, 0.15) is 6.20 Å². The van der Waals surface area contributed by atoms with E-state index in [1.54, 1.807) is 11.6 Å². The molecule has 3 rings (SSSR count). The maximum absolute atomic E-state index is 12.2. The number of fused-ring (bicyclic) bond motifs is 1. The van der Waals surface area contributed by atoms with Crippen LogP contribution in [0, 0.1) is 16.0 Å². The van der Waals surface area contributed by atoms with Crippen molar-refractivity contribution in [2.24, 2.45) is 5.92 Å². The predicted octanol–water partition coefficient (Wildman–Crippen LogP) is 1.20. The molecule has 1 saturated heterocycles. The molecule has 1 fully saturated rings. The third kappa shape index (κ3) is 3.74. The molecule has 0 aromatic carbocycles. The lowest BCUT2D eigenvalue weighted by molar-refractivity contribution is -0.389. The van der Waals surface area contributed by atoms with Gasteiger partial charge in [-0.2, -0.15) is 9.38 Å². The number of nitro groups is 1. The maximum Gasteiger partial charge on any atom is 0.373 e. The van der Waals surface area contributed by atoms with Crippen molar-refractivity contribution in [2.75, 3.05) is 45.2 Å². The van der Waals surface area contributed by atoms with E-state index in [0.717, 1.165) is 6.54 Å². The van der Waals surface area contributed by atoms with Crippen LogP contribution in [-0.2, 0) is 4.79 Å². The van der Waals surface area contributed by atoms with Crippen molar-refractivity contribution < 1.29 is 9.72 Å². The van der Waals surface area contributed by atoms with E-state index >= 15 is 0 Å². The Morgan fingerprint density at radius 3 is 2.84 bits per heavy atom. The van der Waals surface area contributed by atoms with Crippen molar-refractivity contribution in [3.8, 4) is 0 Å². The van der Waals surface area contributed by atoms with Crippen molar-refractivity contribution >= 4 is 33.8 Å². The number of anilines is 1. The highest BCUT2D eigenvalue weighted by Gasteiger charge is 2.32. The summed E-state index contributed by atoms with van der Waals surface area (Å²) in [6, 6.07) is 0. The van der Waals surface area contributed by atoms with Gasteiger partial charge in [0.25, 0.3) is 4.96 Å². The van der Waals surface area contributed by atoms with Crippen LogP contribution < -0.4 is 10.2 Å². The zero-order chi connectivity index (χ0) is 18.0. The molecule has 0 atom stereocenters. The van der Waals surface area contributed by atoms with Crippen LogP contribution in [0.1, 0.15) is 12.8 Å². The molecule has 1 N–H and O–H groups in total. The zero-order valence-electron chi connectivity index (χ0n) is 14.3. The number of hydrogen-bond donors (Lipinski definition) is 1. The Kier molecular flexibility index (Phi) is 5.19. The molecule has 1 aliphatic heterocycles. The second-order valence-corrected chi connectivity index (χ2v) is 7.30. The van der Waals surface area contributed by atoms with Crippen LogP contribution in [0.3, 0.4) is 0 Å². The summed E-state index contributed by atoms with van der Waals surface area (Å²) in [4.78, 5) is 32.2. The first-order valence-corrected chi connectivity index (χ1v) is 9.12. The molecule has 10 heteroatoms. The van der Waals surface area contributed by atoms with Gasteiger partial charge in [-0.1, -0.05) is 11.3 Å². The number of carbonyl (C=O) groups excluding carboxylic acids is 1. The molecule has 0 unspecified atom stereocenters. The fraction of sp³-hybridized carbons (Fsp3) is 0.600. The summed E-state index contributed by atoms with van der Waals surface area (Å²) in [6.07, 6.45) is 3.02. The Hall–Kier alpha value is -2.20. The number of thiazole rings is 1. The second kappa shape index (κ2) is 7.36. The smallest absolute Gasteiger partial charge is 0.358 e. The number of imidazole rings is 1. The molecule has 0 saturated carbocycles. The molecule has 3 heterocycles. The summed E-state index contributed by atoms with van der Waals surface area (Å²) < 4.78 is 1.51. The fourth-order valence-electron chi connectivity index (χ4n) is 3.04. The zero-order valence-corrected chi connectivity index (χ0v) is 15.2. The molecule has 25 heavy (non-hydrogen) atoms.